The molecule has 1 atom stereocenters. The number of aromatic nitrogens is 3. The van der Waals surface area contributed by atoms with Crippen LogP contribution < -0.4 is 10.6 Å². The van der Waals surface area contributed by atoms with E-state index in [0.29, 0.717) is 10.8 Å². The van der Waals surface area contributed by atoms with E-state index < -0.39 is 6.04 Å². The van der Waals surface area contributed by atoms with Gasteiger partial charge in [-0.15, -0.1) is 10.2 Å². The Bertz CT molecular complexity index is 1340. The smallest absolute Gasteiger partial charge is 0.319 e. The van der Waals surface area contributed by atoms with E-state index >= 15 is 0 Å². The van der Waals surface area contributed by atoms with Crippen LogP contribution in [0.15, 0.2) is 71.9 Å². The Morgan fingerprint density at radius 1 is 1.00 bits per heavy atom. The molecule has 0 spiro atoms. The Balaban J connectivity index is 1.61. The molecule has 1 unspecified atom stereocenters. The van der Waals surface area contributed by atoms with Gasteiger partial charge in [-0.1, -0.05) is 71.9 Å². The van der Waals surface area contributed by atoms with Crippen LogP contribution >= 0.6 is 23.4 Å². The van der Waals surface area contributed by atoms with E-state index in [-0.39, 0.29) is 6.03 Å². The van der Waals surface area contributed by atoms with Crippen molar-refractivity contribution in [3.05, 3.63) is 99.8 Å². The summed E-state index contributed by atoms with van der Waals surface area (Å²) in [6.45, 7) is 7.93. The first-order valence-corrected chi connectivity index (χ1v) is 12.7. The first kappa shape index (κ1) is 24.8. The second kappa shape index (κ2) is 11.0. The molecule has 0 fully saturated rings. The van der Waals surface area contributed by atoms with Crippen molar-refractivity contribution < 1.29 is 4.79 Å². The summed E-state index contributed by atoms with van der Waals surface area (Å²) < 4.78 is 1.98. The van der Waals surface area contributed by atoms with Crippen molar-refractivity contribution in [3.8, 4) is 5.69 Å². The van der Waals surface area contributed by atoms with Gasteiger partial charge in [0.2, 0.25) is 0 Å². The molecular weight excluding hydrogens is 478 g/mol. The Morgan fingerprint density at radius 3 is 2.54 bits per heavy atom. The number of urea groups is 1. The van der Waals surface area contributed by atoms with E-state index in [2.05, 4.69) is 33.0 Å². The summed E-state index contributed by atoms with van der Waals surface area (Å²) in [7, 11) is 0. The molecule has 0 saturated heterocycles. The van der Waals surface area contributed by atoms with Gasteiger partial charge in [0.25, 0.3) is 0 Å². The normalized spacial score (nSPS) is 11.8. The van der Waals surface area contributed by atoms with Crippen LogP contribution in [-0.2, 0) is 5.75 Å². The van der Waals surface area contributed by atoms with E-state index in [9.17, 15) is 4.79 Å². The lowest BCUT2D eigenvalue weighted by atomic mass is 10.1. The maximum Gasteiger partial charge on any atom is 0.319 e. The topological polar surface area (TPSA) is 71.8 Å². The number of halogens is 1. The van der Waals surface area contributed by atoms with Crippen molar-refractivity contribution in [2.75, 3.05) is 5.32 Å². The molecule has 35 heavy (non-hydrogen) atoms. The molecule has 1 aromatic heterocycles. The highest BCUT2D eigenvalue weighted by Gasteiger charge is 2.22. The van der Waals surface area contributed by atoms with E-state index in [1.807, 2.05) is 86.9 Å². The van der Waals surface area contributed by atoms with Crippen LogP contribution in [0.1, 0.15) is 41.0 Å². The van der Waals surface area contributed by atoms with Crippen molar-refractivity contribution in [2.45, 2.75) is 44.6 Å². The van der Waals surface area contributed by atoms with Gasteiger partial charge in [0.15, 0.2) is 11.0 Å². The molecule has 0 saturated carbocycles. The van der Waals surface area contributed by atoms with Gasteiger partial charge in [0, 0.05) is 16.5 Å². The van der Waals surface area contributed by atoms with Crippen LogP contribution in [0, 0.1) is 20.8 Å². The fourth-order valence-corrected chi connectivity index (χ4v) is 4.81. The van der Waals surface area contributed by atoms with Gasteiger partial charge < -0.3 is 10.6 Å². The zero-order chi connectivity index (χ0) is 24.9. The third kappa shape index (κ3) is 5.86. The minimum absolute atomic E-state index is 0.304. The molecule has 180 valence electrons. The number of rotatable bonds is 7. The number of thioether (sulfide) groups is 1. The number of carbonyl (C=O) groups excluding carboxylic acids is 1. The van der Waals surface area contributed by atoms with Crippen LogP contribution in [0.5, 0.6) is 0 Å². The van der Waals surface area contributed by atoms with Crippen molar-refractivity contribution in [3.63, 3.8) is 0 Å². The highest BCUT2D eigenvalue weighted by atomic mass is 35.5. The van der Waals surface area contributed by atoms with E-state index in [1.54, 1.807) is 11.8 Å². The third-order valence-electron chi connectivity index (χ3n) is 5.87. The van der Waals surface area contributed by atoms with Gasteiger partial charge in [-0.2, -0.15) is 0 Å². The lowest BCUT2D eigenvalue weighted by molar-refractivity contribution is 0.248. The van der Waals surface area contributed by atoms with Gasteiger partial charge in [0.05, 0.1) is 11.7 Å². The van der Waals surface area contributed by atoms with E-state index in [0.717, 1.165) is 39.0 Å². The number of hydrogen-bond donors (Lipinski definition) is 2. The molecule has 2 amide bonds. The first-order chi connectivity index (χ1) is 16.8. The largest absolute Gasteiger partial charge is 0.328 e. The standard InChI is InChI=1S/C27H28ClN5OS/c1-17-9-8-12-23(19(17)3)30-26(34)29-20(4)25-31-32-27(35-16-21-10-6-5-7-11-21)33(25)24-15-22(28)14-13-18(24)2/h5-15,20H,16H2,1-4H3,(H2,29,30,34). The van der Waals surface area contributed by atoms with Gasteiger partial charge in [-0.05, 0) is 68.1 Å². The van der Waals surface area contributed by atoms with E-state index in [1.165, 1.54) is 5.56 Å². The van der Waals surface area contributed by atoms with Crippen LogP contribution in [0.4, 0.5) is 10.5 Å². The minimum Gasteiger partial charge on any atom is -0.328 e. The number of nitrogens with zero attached hydrogens (tertiary/aromatic N) is 3. The first-order valence-electron chi connectivity index (χ1n) is 11.4. The quantitative estimate of drug-likeness (QED) is 0.265. The summed E-state index contributed by atoms with van der Waals surface area (Å²) in [4.78, 5) is 12.8. The summed E-state index contributed by atoms with van der Waals surface area (Å²) in [5.74, 6) is 1.37. The maximum absolute atomic E-state index is 12.8. The molecule has 3 aromatic carbocycles. The predicted octanol–water partition coefficient (Wildman–Crippen LogP) is 7.02. The average molecular weight is 506 g/mol. The number of nitrogens with one attached hydrogen (secondary N) is 2. The lowest BCUT2D eigenvalue weighted by Crippen LogP contribution is -2.32. The van der Waals surface area contributed by atoms with Crippen LogP contribution in [-0.4, -0.2) is 20.8 Å². The molecular formula is C27H28ClN5OS. The minimum atomic E-state index is -0.405. The van der Waals surface area contributed by atoms with Gasteiger partial charge in [0.1, 0.15) is 0 Å². The molecule has 0 radical (unpaired) electrons. The number of amides is 2. The Labute approximate surface area is 215 Å². The van der Waals surface area contributed by atoms with Gasteiger partial charge >= 0.3 is 6.03 Å². The Hall–Kier alpha value is -3.29. The summed E-state index contributed by atoms with van der Waals surface area (Å²) >= 11 is 7.94. The molecule has 4 rings (SSSR count). The van der Waals surface area contributed by atoms with Crippen LogP contribution in [0.2, 0.25) is 5.02 Å². The fraction of sp³-hybridized carbons (Fsp3) is 0.222. The van der Waals surface area contributed by atoms with Crippen molar-refractivity contribution >= 4 is 35.1 Å². The Kier molecular flexibility index (Phi) is 7.78. The number of anilines is 1. The van der Waals surface area contributed by atoms with Gasteiger partial charge in [-0.25, -0.2) is 4.79 Å². The van der Waals surface area contributed by atoms with Crippen molar-refractivity contribution in [2.24, 2.45) is 0 Å². The second-order valence-electron chi connectivity index (χ2n) is 8.45. The molecule has 0 aliphatic carbocycles. The van der Waals surface area contributed by atoms with Crippen LogP contribution in [0.25, 0.3) is 5.69 Å². The monoisotopic (exact) mass is 505 g/mol. The fourth-order valence-electron chi connectivity index (χ4n) is 3.73. The molecule has 0 bridgehead atoms. The van der Waals surface area contributed by atoms with Crippen molar-refractivity contribution in [1.29, 1.82) is 0 Å². The lowest BCUT2D eigenvalue weighted by Gasteiger charge is -2.19. The summed E-state index contributed by atoms with van der Waals surface area (Å²) in [5, 5.41) is 16.3. The summed E-state index contributed by atoms with van der Waals surface area (Å²) in [6, 6.07) is 21.1. The third-order valence-corrected chi connectivity index (χ3v) is 7.10. The van der Waals surface area contributed by atoms with Crippen molar-refractivity contribution in [1.82, 2.24) is 20.1 Å². The van der Waals surface area contributed by atoms with E-state index in [4.69, 9.17) is 11.6 Å². The predicted molar refractivity (Wildman–Crippen MR) is 144 cm³/mol. The highest BCUT2D eigenvalue weighted by molar-refractivity contribution is 7.98. The molecule has 2 N–H and O–H groups in total. The molecule has 0 aliphatic rings. The zero-order valence-corrected chi connectivity index (χ0v) is 21.7. The average Bonchev–Trinajstić information content (AvgIpc) is 3.27. The number of hydrogen-bond acceptors (Lipinski definition) is 4. The van der Waals surface area contributed by atoms with Gasteiger partial charge in [-0.3, -0.25) is 4.57 Å². The number of benzene rings is 3. The SMILES string of the molecule is Cc1ccc(Cl)cc1-n1c(SCc2ccccc2)nnc1C(C)NC(=O)Nc1cccc(C)c1C. The molecule has 4 aromatic rings. The molecule has 8 heteroatoms. The second-order valence-corrected chi connectivity index (χ2v) is 9.83. The number of aryl methyl sites for hydroxylation is 2. The van der Waals surface area contributed by atoms with Crippen LogP contribution in [0.3, 0.4) is 0 Å². The molecule has 0 aliphatic heterocycles. The molecule has 6 nitrogen and oxygen atoms in total. The highest BCUT2D eigenvalue weighted by Crippen LogP contribution is 2.30. The summed E-state index contributed by atoms with van der Waals surface area (Å²) in [5.41, 5.74) is 6.04. The number of carbonyl (C=O) groups is 1. The zero-order valence-electron chi connectivity index (χ0n) is 20.2. The maximum atomic E-state index is 12.8. The Morgan fingerprint density at radius 2 is 1.77 bits per heavy atom. The molecule has 1 heterocycles. The summed E-state index contributed by atoms with van der Waals surface area (Å²) in [6.07, 6.45) is 0.